The fourth-order valence-electron chi connectivity index (χ4n) is 1.30. The van der Waals surface area contributed by atoms with Crippen molar-refractivity contribution in [3.8, 4) is 0 Å². The summed E-state index contributed by atoms with van der Waals surface area (Å²) in [6, 6.07) is 7.96. The fourth-order valence-corrected chi connectivity index (χ4v) is 1.48. The van der Waals surface area contributed by atoms with Crippen molar-refractivity contribution in [2.75, 3.05) is 5.88 Å². The molecule has 78 valence electrons. The van der Waals surface area contributed by atoms with E-state index in [9.17, 15) is 5.11 Å². The maximum absolute atomic E-state index is 9.59. The van der Waals surface area contributed by atoms with Gasteiger partial charge in [-0.2, -0.15) is 0 Å². The predicted molar refractivity (Wildman–Crippen MR) is 60.8 cm³/mol. The SMILES string of the molecule is CC(C)(C)c1cccc([C@@H](O)CCl)c1. The number of alkyl halides is 1. The van der Waals surface area contributed by atoms with E-state index >= 15 is 0 Å². The molecule has 0 saturated heterocycles. The third-order valence-corrected chi connectivity index (χ3v) is 2.58. The van der Waals surface area contributed by atoms with Gasteiger partial charge in [-0.15, -0.1) is 11.6 Å². The Kier molecular flexibility index (Phi) is 3.57. The monoisotopic (exact) mass is 212 g/mol. The molecule has 1 aromatic rings. The van der Waals surface area contributed by atoms with Crippen LogP contribution in [0.25, 0.3) is 0 Å². The Morgan fingerprint density at radius 1 is 1.36 bits per heavy atom. The second-order valence-corrected chi connectivity index (χ2v) is 4.85. The Morgan fingerprint density at radius 2 is 2.00 bits per heavy atom. The molecule has 0 amide bonds. The van der Waals surface area contributed by atoms with Gasteiger partial charge in [-0.1, -0.05) is 45.0 Å². The van der Waals surface area contributed by atoms with Gasteiger partial charge in [0, 0.05) is 0 Å². The van der Waals surface area contributed by atoms with Crippen LogP contribution < -0.4 is 0 Å². The largest absolute Gasteiger partial charge is 0.387 e. The van der Waals surface area contributed by atoms with Crippen LogP contribution in [-0.4, -0.2) is 11.0 Å². The molecule has 2 heteroatoms. The van der Waals surface area contributed by atoms with Crippen LogP contribution in [0.5, 0.6) is 0 Å². The third-order valence-electron chi connectivity index (χ3n) is 2.28. The van der Waals surface area contributed by atoms with E-state index in [4.69, 9.17) is 11.6 Å². The zero-order chi connectivity index (χ0) is 10.8. The summed E-state index contributed by atoms with van der Waals surface area (Å²) in [6.45, 7) is 6.46. The molecule has 0 heterocycles. The molecule has 0 aliphatic rings. The first-order valence-electron chi connectivity index (χ1n) is 4.79. The van der Waals surface area contributed by atoms with E-state index in [0.29, 0.717) is 0 Å². The summed E-state index contributed by atoms with van der Waals surface area (Å²) in [7, 11) is 0. The van der Waals surface area contributed by atoms with E-state index in [1.807, 2.05) is 18.2 Å². The zero-order valence-corrected chi connectivity index (χ0v) is 9.67. The molecular weight excluding hydrogens is 196 g/mol. The van der Waals surface area contributed by atoms with Gasteiger partial charge in [0.05, 0.1) is 12.0 Å². The van der Waals surface area contributed by atoms with Gasteiger partial charge >= 0.3 is 0 Å². The molecule has 0 fully saturated rings. The minimum atomic E-state index is -0.557. The number of aliphatic hydroxyl groups is 1. The first kappa shape index (κ1) is 11.5. The molecular formula is C12H17ClO. The number of rotatable bonds is 2. The molecule has 0 spiro atoms. The quantitative estimate of drug-likeness (QED) is 0.747. The van der Waals surface area contributed by atoms with E-state index in [0.717, 1.165) is 5.56 Å². The summed E-state index contributed by atoms with van der Waals surface area (Å²) in [4.78, 5) is 0. The van der Waals surface area contributed by atoms with Gasteiger partial charge in [0.1, 0.15) is 0 Å². The Labute approximate surface area is 90.7 Å². The maximum atomic E-state index is 9.59. The summed E-state index contributed by atoms with van der Waals surface area (Å²) in [5.41, 5.74) is 2.23. The van der Waals surface area contributed by atoms with Crippen molar-refractivity contribution in [1.29, 1.82) is 0 Å². The van der Waals surface area contributed by atoms with Crippen molar-refractivity contribution in [3.63, 3.8) is 0 Å². The molecule has 1 aromatic carbocycles. The highest BCUT2D eigenvalue weighted by atomic mass is 35.5. The molecule has 14 heavy (non-hydrogen) atoms. The lowest BCUT2D eigenvalue weighted by molar-refractivity contribution is 0.202. The van der Waals surface area contributed by atoms with Gasteiger partial charge in [-0.3, -0.25) is 0 Å². The first-order valence-corrected chi connectivity index (χ1v) is 5.33. The van der Waals surface area contributed by atoms with Crippen molar-refractivity contribution in [1.82, 2.24) is 0 Å². The minimum Gasteiger partial charge on any atom is -0.387 e. The zero-order valence-electron chi connectivity index (χ0n) is 8.92. The number of hydrogen-bond donors (Lipinski definition) is 1. The van der Waals surface area contributed by atoms with Crippen LogP contribution in [0.2, 0.25) is 0 Å². The second kappa shape index (κ2) is 4.33. The van der Waals surface area contributed by atoms with Gasteiger partial charge < -0.3 is 5.11 Å². The highest BCUT2D eigenvalue weighted by Crippen LogP contribution is 2.25. The van der Waals surface area contributed by atoms with E-state index in [-0.39, 0.29) is 11.3 Å². The number of benzene rings is 1. The van der Waals surface area contributed by atoms with Crippen LogP contribution in [0.15, 0.2) is 24.3 Å². The molecule has 0 aliphatic carbocycles. The lowest BCUT2D eigenvalue weighted by Crippen LogP contribution is -2.12. The summed E-state index contributed by atoms with van der Waals surface area (Å²) < 4.78 is 0. The average molecular weight is 213 g/mol. The standard InChI is InChI=1S/C12H17ClO/c1-12(2,3)10-6-4-5-9(7-10)11(14)8-13/h4-7,11,14H,8H2,1-3H3/t11-/m0/s1. The van der Waals surface area contributed by atoms with Crippen LogP contribution in [-0.2, 0) is 5.41 Å². The van der Waals surface area contributed by atoms with Crippen molar-refractivity contribution >= 4 is 11.6 Å². The molecule has 1 N–H and O–H groups in total. The molecule has 0 saturated carbocycles. The summed E-state index contributed by atoms with van der Waals surface area (Å²) >= 11 is 5.60. The van der Waals surface area contributed by atoms with E-state index in [1.165, 1.54) is 5.56 Å². The van der Waals surface area contributed by atoms with Gasteiger partial charge in [0.2, 0.25) is 0 Å². The second-order valence-electron chi connectivity index (χ2n) is 4.55. The van der Waals surface area contributed by atoms with Crippen molar-refractivity contribution < 1.29 is 5.11 Å². The molecule has 1 rings (SSSR count). The normalized spacial score (nSPS) is 14.1. The number of aliphatic hydroxyl groups excluding tert-OH is 1. The van der Waals surface area contributed by atoms with Crippen LogP contribution in [0.3, 0.4) is 0 Å². The summed E-state index contributed by atoms with van der Waals surface area (Å²) in [5.74, 6) is 0.244. The maximum Gasteiger partial charge on any atom is 0.0925 e. The molecule has 0 aliphatic heterocycles. The molecule has 1 nitrogen and oxygen atoms in total. The first-order chi connectivity index (χ1) is 6.45. The van der Waals surface area contributed by atoms with E-state index in [2.05, 4.69) is 26.8 Å². The number of hydrogen-bond acceptors (Lipinski definition) is 1. The van der Waals surface area contributed by atoms with Crippen LogP contribution >= 0.6 is 11.6 Å². The van der Waals surface area contributed by atoms with E-state index in [1.54, 1.807) is 0 Å². The van der Waals surface area contributed by atoms with Crippen LogP contribution in [0, 0.1) is 0 Å². The summed E-state index contributed by atoms with van der Waals surface area (Å²) in [6.07, 6.45) is -0.557. The van der Waals surface area contributed by atoms with Crippen LogP contribution in [0.4, 0.5) is 0 Å². The minimum absolute atomic E-state index is 0.113. The average Bonchev–Trinajstić information content (AvgIpc) is 2.15. The molecule has 0 aromatic heterocycles. The molecule has 0 radical (unpaired) electrons. The van der Waals surface area contributed by atoms with Gasteiger partial charge in [-0.25, -0.2) is 0 Å². The highest BCUT2D eigenvalue weighted by molar-refractivity contribution is 6.18. The van der Waals surface area contributed by atoms with E-state index < -0.39 is 6.10 Å². The molecule has 0 unspecified atom stereocenters. The Hall–Kier alpha value is -0.530. The summed E-state index contributed by atoms with van der Waals surface area (Å²) in [5, 5.41) is 9.59. The molecule has 0 bridgehead atoms. The molecule has 1 atom stereocenters. The van der Waals surface area contributed by atoms with Gasteiger partial charge in [0.25, 0.3) is 0 Å². The topological polar surface area (TPSA) is 20.2 Å². The smallest absolute Gasteiger partial charge is 0.0925 e. The third kappa shape index (κ3) is 2.73. The fraction of sp³-hybridized carbons (Fsp3) is 0.500. The van der Waals surface area contributed by atoms with Crippen molar-refractivity contribution in [3.05, 3.63) is 35.4 Å². The Bertz CT molecular complexity index is 301. The van der Waals surface area contributed by atoms with Gasteiger partial charge in [-0.05, 0) is 16.5 Å². The lowest BCUT2D eigenvalue weighted by atomic mass is 9.86. The van der Waals surface area contributed by atoms with Crippen molar-refractivity contribution in [2.24, 2.45) is 0 Å². The number of halogens is 1. The lowest BCUT2D eigenvalue weighted by Gasteiger charge is -2.20. The predicted octanol–water partition coefficient (Wildman–Crippen LogP) is 3.26. The highest BCUT2D eigenvalue weighted by Gasteiger charge is 2.15. The Balaban J connectivity index is 3.01. The Morgan fingerprint density at radius 3 is 2.50 bits per heavy atom. The van der Waals surface area contributed by atoms with Crippen molar-refractivity contribution in [2.45, 2.75) is 32.3 Å². The van der Waals surface area contributed by atoms with Crippen LogP contribution in [0.1, 0.15) is 38.0 Å². The van der Waals surface area contributed by atoms with Gasteiger partial charge in [0.15, 0.2) is 0 Å².